The van der Waals surface area contributed by atoms with Crippen LogP contribution < -0.4 is 21.7 Å². The highest BCUT2D eigenvalue weighted by Crippen LogP contribution is 2.25. The third kappa shape index (κ3) is 7.24. The molecule has 1 aliphatic heterocycles. The molecule has 1 amide bonds. The van der Waals surface area contributed by atoms with E-state index in [1.54, 1.807) is 30.7 Å². The van der Waals surface area contributed by atoms with E-state index in [1.807, 2.05) is 30.3 Å². The first-order valence-corrected chi connectivity index (χ1v) is 12.9. The average molecular weight is 499 g/mol. The first kappa shape index (κ1) is 26.0. The van der Waals surface area contributed by atoms with Gasteiger partial charge in [0, 0.05) is 36.9 Å². The van der Waals surface area contributed by atoms with E-state index in [2.05, 4.69) is 25.2 Å². The van der Waals surface area contributed by atoms with Crippen molar-refractivity contribution in [2.75, 3.05) is 23.3 Å². The van der Waals surface area contributed by atoms with Gasteiger partial charge in [0.05, 0.1) is 18.1 Å². The van der Waals surface area contributed by atoms with Crippen molar-refractivity contribution in [1.29, 1.82) is 5.26 Å². The molecule has 2 fully saturated rings. The molecule has 1 aromatic carbocycles. The van der Waals surface area contributed by atoms with Gasteiger partial charge in [-0.05, 0) is 67.5 Å². The van der Waals surface area contributed by atoms with E-state index in [9.17, 15) is 4.79 Å². The van der Waals surface area contributed by atoms with Gasteiger partial charge in [-0.2, -0.15) is 5.26 Å². The molecule has 5 N–H and O–H groups in total. The zero-order valence-electron chi connectivity index (χ0n) is 21.0. The number of nitrogens with zero attached hydrogens (tertiary/aromatic N) is 5. The molecule has 5 rings (SSSR count). The van der Waals surface area contributed by atoms with Crippen LogP contribution in [0.4, 0.5) is 11.5 Å². The molecule has 192 valence electrons. The Bertz CT molecular complexity index is 1220. The first-order valence-electron chi connectivity index (χ1n) is 12.9. The number of carbonyl (C=O) groups excluding carboxylic acids is 1. The second-order valence-corrected chi connectivity index (χ2v) is 9.50. The van der Waals surface area contributed by atoms with Crippen molar-refractivity contribution < 1.29 is 4.79 Å². The molecule has 0 radical (unpaired) electrons. The normalized spacial score (nSPS) is 19.2. The van der Waals surface area contributed by atoms with E-state index in [0.717, 1.165) is 48.6 Å². The highest BCUT2D eigenvalue weighted by molar-refractivity contribution is 5.94. The highest BCUT2D eigenvalue weighted by atomic mass is 16.1. The number of pyridine rings is 1. The van der Waals surface area contributed by atoms with Gasteiger partial charge in [0.1, 0.15) is 11.9 Å². The fourth-order valence-corrected chi connectivity index (χ4v) is 4.76. The third-order valence-electron chi connectivity index (χ3n) is 6.85. The molecule has 0 unspecified atom stereocenters. The Morgan fingerprint density at radius 1 is 0.973 bits per heavy atom. The lowest BCUT2D eigenvalue weighted by Gasteiger charge is -2.29. The lowest BCUT2D eigenvalue weighted by atomic mass is 9.91. The summed E-state index contributed by atoms with van der Waals surface area (Å²) < 4.78 is 0. The zero-order valence-corrected chi connectivity index (χ0v) is 21.0. The van der Waals surface area contributed by atoms with Crippen molar-refractivity contribution in [1.82, 2.24) is 15.0 Å². The van der Waals surface area contributed by atoms with Crippen molar-refractivity contribution in [2.24, 2.45) is 11.5 Å². The summed E-state index contributed by atoms with van der Waals surface area (Å²) in [5.41, 5.74) is 15.0. The van der Waals surface area contributed by atoms with Crippen molar-refractivity contribution in [3.05, 3.63) is 66.4 Å². The monoisotopic (exact) mass is 498 g/mol. The topological polar surface area (TPSA) is 147 Å². The fraction of sp³-hybridized carbons (Fsp3) is 0.393. The predicted octanol–water partition coefficient (Wildman–Crippen LogP) is 3.87. The summed E-state index contributed by atoms with van der Waals surface area (Å²) >= 11 is 0. The second-order valence-electron chi connectivity index (χ2n) is 9.50. The Morgan fingerprint density at radius 2 is 1.70 bits per heavy atom. The molecule has 3 aromatic rings. The van der Waals surface area contributed by atoms with Crippen LogP contribution in [0.3, 0.4) is 0 Å². The molecule has 9 nitrogen and oxygen atoms in total. The minimum Gasteiger partial charge on any atom is -0.369 e. The number of hydrogen-bond acceptors (Lipinski definition) is 8. The average Bonchev–Trinajstić information content (AvgIpc) is 2.95. The maximum absolute atomic E-state index is 11.3. The number of anilines is 2. The molecule has 1 saturated carbocycles. The number of hydrogen-bond donors (Lipinski definition) is 3. The summed E-state index contributed by atoms with van der Waals surface area (Å²) in [6.45, 7) is 2.16. The SMILES string of the molecule is N#Cc1ncc(N2CCCCC2)cn1.NC(=O)c1cccc(-c2ccnc(N[C@@H]3CCCC[C@H]3N)c2)c1. The summed E-state index contributed by atoms with van der Waals surface area (Å²) in [7, 11) is 0. The number of nitrogens with two attached hydrogens (primary N) is 2. The molecule has 9 heteroatoms. The Labute approximate surface area is 217 Å². The number of piperidine rings is 1. The number of benzene rings is 1. The first-order chi connectivity index (χ1) is 18.0. The molecule has 3 heterocycles. The molecular weight excluding hydrogens is 464 g/mol. The molecule has 0 spiro atoms. The largest absolute Gasteiger partial charge is 0.369 e. The fourth-order valence-electron chi connectivity index (χ4n) is 4.76. The minimum atomic E-state index is -0.424. The predicted molar refractivity (Wildman–Crippen MR) is 145 cm³/mol. The maximum atomic E-state index is 11.3. The molecule has 1 aliphatic carbocycles. The minimum absolute atomic E-state index is 0.174. The van der Waals surface area contributed by atoms with Crippen LogP contribution in [0.5, 0.6) is 0 Å². The molecule has 2 aromatic heterocycles. The molecule has 37 heavy (non-hydrogen) atoms. The molecule has 0 bridgehead atoms. The third-order valence-corrected chi connectivity index (χ3v) is 6.85. The van der Waals surface area contributed by atoms with E-state index in [4.69, 9.17) is 16.7 Å². The summed E-state index contributed by atoms with van der Waals surface area (Å²) in [4.78, 5) is 25.9. The van der Waals surface area contributed by atoms with Crippen LogP contribution in [0.2, 0.25) is 0 Å². The van der Waals surface area contributed by atoms with Gasteiger partial charge in [0.15, 0.2) is 0 Å². The Kier molecular flexibility index (Phi) is 9.00. The Balaban J connectivity index is 0.000000195. The van der Waals surface area contributed by atoms with Gasteiger partial charge in [0.2, 0.25) is 11.7 Å². The summed E-state index contributed by atoms with van der Waals surface area (Å²) in [5, 5.41) is 12.0. The zero-order chi connectivity index (χ0) is 26.0. The summed E-state index contributed by atoms with van der Waals surface area (Å²) in [5.74, 6) is 0.632. The Morgan fingerprint density at radius 3 is 2.41 bits per heavy atom. The van der Waals surface area contributed by atoms with E-state index in [0.29, 0.717) is 5.56 Å². The van der Waals surface area contributed by atoms with Gasteiger partial charge in [-0.15, -0.1) is 0 Å². The van der Waals surface area contributed by atoms with Gasteiger partial charge in [-0.1, -0.05) is 25.0 Å². The van der Waals surface area contributed by atoms with Gasteiger partial charge in [0.25, 0.3) is 0 Å². The number of nitrogens with one attached hydrogen (secondary N) is 1. The molecule has 2 aliphatic rings. The number of rotatable bonds is 5. The van der Waals surface area contributed by atoms with Crippen LogP contribution in [0.1, 0.15) is 61.1 Å². The van der Waals surface area contributed by atoms with E-state index in [-0.39, 0.29) is 17.9 Å². The highest BCUT2D eigenvalue weighted by Gasteiger charge is 2.21. The number of primary amides is 1. The summed E-state index contributed by atoms with van der Waals surface area (Å²) in [6, 6.07) is 13.6. The lowest BCUT2D eigenvalue weighted by Crippen LogP contribution is -2.42. The summed E-state index contributed by atoms with van der Waals surface area (Å²) in [6.07, 6.45) is 13.5. The lowest BCUT2D eigenvalue weighted by molar-refractivity contribution is 0.100. The second kappa shape index (κ2) is 12.8. The van der Waals surface area contributed by atoms with Gasteiger partial charge in [-0.25, -0.2) is 15.0 Å². The van der Waals surface area contributed by atoms with E-state index in [1.165, 1.54) is 32.1 Å². The molecule has 1 saturated heterocycles. The van der Waals surface area contributed by atoms with Crippen molar-refractivity contribution in [3.63, 3.8) is 0 Å². The van der Waals surface area contributed by atoms with Gasteiger partial charge < -0.3 is 21.7 Å². The van der Waals surface area contributed by atoms with Crippen LogP contribution >= 0.6 is 0 Å². The van der Waals surface area contributed by atoms with E-state index >= 15 is 0 Å². The van der Waals surface area contributed by atoms with Crippen molar-refractivity contribution in [2.45, 2.75) is 57.0 Å². The standard InChI is InChI=1S/C18H22N4O.C10H12N4/c19-15-6-1-2-7-16(15)22-17-11-13(8-9-21-17)12-4-3-5-14(10-12)18(20)23;11-6-10-12-7-9(8-13-10)14-4-2-1-3-5-14/h3-5,8-11,15-16H,1-2,6-7,19H2,(H2,20,23)(H,21,22);7-8H,1-5H2/t15-,16-;/m1./s1. The van der Waals surface area contributed by atoms with Crippen LogP contribution in [-0.4, -0.2) is 46.0 Å². The quantitative estimate of drug-likeness (QED) is 0.480. The Hall–Kier alpha value is -4.03. The number of amides is 1. The smallest absolute Gasteiger partial charge is 0.248 e. The van der Waals surface area contributed by atoms with Crippen LogP contribution in [-0.2, 0) is 0 Å². The van der Waals surface area contributed by atoms with Crippen LogP contribution in [0, 0.1) is 11.3 Å². The van der Waals surface area contributed by atoms with Crippen molar-refractivity contribution >= 4 is 17.4 Å². The number of nitriles is 1. The van der Waals surface area contributed by atoms with Gasteiger partial charge >= 0.3 is 0 Å². The number of carbonyl (C=O) groups is 1. The number of aromatic nitrogens is 3. The molecular formula is C28H34N8O. The molecule has 2 atom stereocenters. The van der Waals surface area contributed by atoms with Crippen LogP contribution in [0.15, 0.2) is 55.0 Å². The van der Waals surface area contributed by atoms with Gasteiger partial charge in [-0.3, -0.25) is 4.79 Å². The van der Waals surface area contributed by atoms with Crippen molar-refractivity contribution in [3.8, 4) is 17.2 Å². The van der Waals surface area contributed by atoms with E-state index < -0.39 is 5.91 Å². The maximum Gasteiger partial charge on any atom is 0.248 e. The van der Waals surface area contributed by atoms with Crippen LogP contribution in [0.25, 0.3) is 11.1 Å².